The first-order valence-corrected chi connectivity index (χ1v) is 11.2. The van der Waals surface area contributed by atoms with E-state index in [2.05, 4.69) is 5.32 Å². The highest BCUT2D eigenvalue weighted by Crippen LogP contribution is 2.26. The second-order valence-corrected chi connectivity index (χ2v) is 8.05. The van der Waals surface area contributed by atoms with Crippen LogP contribution in [0.3, 0.4) is 0 Å². The summed E-state index contributed by atoms with van der Waals surface area (Å²) in [5.74, 6) is 0.362. The largest absolute Gasteiger partial charge is 0.497 e. The SMILES string of the molecule is CCc1ccc(C(=O)c2cn(CC(=O)Nc3cc(OC)cc(OC)c3)c3ccccc3c2=O)cc1. The van der Waals surface area contributed by atoms with Crippen molar-refractivity contribution in [2.45, 2.75) is 19.9 Å². The third-order valence-electron chi connectivity index (χ3n) is 5.81. The summed E-state index contributed by atoms with van der Waals surface area (Å²) in [6.07, 6.45) is 2.32. The molecule has 0 saturated heterocycles. The Hall–Kier alpha value is -4.39. The lowest BCUT2D eigenvalue weighted by atomic mass is 10.0. The maximum absolute atomic E-state index is 13.2. The van der Waals surface area contributed by atoms with Gasteiger partial charge < -0.3 is 19.4 Å². The van der Waals surface area contributed by atoms with E-state index in [4.69, 9.17) is 9.47 Å². The van der Waals surface area contributed by atoms with Crippen molar-refractivity contribution in [3.8, 4) is 11.5 Å². The van der Waals surface area contributed by atoms with Crippen molar-refractivity contribution in [3.63, 3.8) is 0 Å². The standard InChI is InChI=1S/C28H26N2O5/c1-4-18-9-11-19(12-10-18)27(32)24-16-30(25-8-6-5-7-23(25)28(24)33)17-26(31)29-20-13-21(34-2)15-22(14-20)35-3/h5-16H,4,17H2,1-3H3,(H,29,31). The van der Waals surface area contributed by atoms with Gasteiger partial charge in [-0.2, -0.15) is 0 Å². The monoisotopic (exact) mass is 470 g/mol. The van der Waals surface area contributed by atoms with Gasteiger partial charge in [-0.1, -0.05) is 43.3 Å². The molecule has 178 valence electrons. The predicted molar refractivity (Wildman–Crippen MR) is 136 cm³/mol. The summed E-state index contributed by atoms with van der Waals surface area (Å²) in [7, 11) is 3.06. The number of hydrogen-bond donors (Lipinski definition) is 1. The number of aryl methyl sites for hydroxylation is 1. The number of para-hydroxylation sites is 1. The Bertz CT molecular complexity index is 1430. The Morgan fingerprint density at radius 2 is 1.57 bits per heavy atom. The zero-order chi connectivity index (χ0) is 24.9. The minimum absolute atomic E-state index is 0.0174. The number of pyridine rings is 1. The van der Waals surface area contributed by atoms with E-state index in [0.717, 1.165) is 12.0 Å². The van der Waals surface area contributed by atoms with Gasteiger partial charge in [0, 0.05) is 41.0 Å². The number of aromatic nitrogens is 1. The number of amides is 1. The molecule has 35 heavy (non-hydrogen) atoms. The molecule has 0 aliphatic carbocycles. The third-order valence-corrected chi connectivity index (χ3v) is 5.81. The average Bonchev–Trinajstić information content (AvgIpc) is 2.89. The highest BCUT2D eigenvalue weighted by Gasteiger charge is 2.18. The fourth-order valence-electron chi connectivity index (χ4n) is 3.92. The fourth-order valence-corrected chi connectivity index (χ4v) is 3.92. The summed E-state index contributed by atoms with van der Waals surface area (Å²) in [4.78, 5) is 39.4. The number of benzene rings is 3. The van der Waals surface area contributed by atoms with Gasteiger partial charge in [0.15, 0.2) is 5.78 Å². The number of anilines is 1. The Morgan fingerprint density at radius 1 is 0.914 bits per heavy atom. The first-order chi connectivity index (χ1) is 16.9. The number of ketones is 1. The summed E-state index contributed by atoms with van der Waals surface area (Å²) in [6.45, 7) is 1.93. The lowest BCUT2D eigenvalue weighted by molar-refractivity contribution is -0.116. The van der Waals surface area contributed by atoms with Crippen molar-refractivity contribution in [2.24, 2.45) is 0 Å². The highest BCUT2D eigenvalue weighted by atomic mass is 16.5. The van der Waals surface area contributed by atoms with Gasteiger partial charge in [0.05, 0.1) is 25.3 Å². The van der Waals surface area contributed by atoms with Crippen LogP contribution in [0.15, 0.2) is 77.7 Å². The molecule has 0 saturated carbocycles. The number of carbonyl (C=O) groups excluding carboxylic acids is 2. The quantitative estimate of drug-likeness (QED) is 0.385. The molecule has 4 aromatic rings. The molecule has 4 rings (SSSR count). The van der Waals surface area contributed by atoms with Crippen LogP contribution in [0.2, 0.25) is 0 Å². The molecule has 7 heteroatoms. The van der Waals surface area contributed by atoms with E-state index >= 15 is 0 Å². The van der Waals surface area contributed by atoms with Crippen LogP contribution in [0.4, 0.5) is 5.69 Å². The topological polar surface area (TPSA) is 86.6 Å². The van der Waals surface area contributed by atoms with Crippen molar-refractivity contribution in [1.29, 1.82) is 0 Å². The van der Waals surface area contributed by atoms with Crippen LogP contribution in [-0.4, -0.2) is 30.5 Å². The molecule has 1 N–H and O–H groups in total. The van der Waals surface area contributed by atoms with Crippen LogP contribution in [0.5, 0.6) is 11.5 Å². The van der Waals surface area contributed by atoms with Gasteiger partial charge in [-0.15, -0.1) is 0 Å². The molecule has 0 fully saturated rings. The summed E-state index contributed by atoms with van der Waals surface area (Å²) >= 11 is 0. The van der Waals surface area contributed by atoms with E-state index in [0.29, 0.717) is 33.7 Å². The Morgan fingerprint density at radius 3 is 2.20 bits per heavy atom. The van der Waals surface area contributed by atoms with Crippen LogP contribution in [0.1, 0.15) is 28.4 Å². The van der Waals surface area contributed by atoms with E-state index in [-0.39, 0.29) is 29.2 Å². The normalized spacial score (nSPS) is 10.7. The van der Waals surface area contributed by atoms with E-state index < -0.39 is 0 Å². The molecule has 3 aromatic carbocycles. The van der Waals surface area contributed by atoms with Crippen LogP contribution < -0.4 is 20.2 Å². The molecule has 0 unspecified atom stereocenters. The van der Waals surface area contributed by atoms with Crippen molar-refractivity contribution >= 4 is 28.3 Å². The van der Waals surface area contributed by atoms with Gasteiger partial charge in [0.25, 0.3) is 0 Å². The fraction of sp³-hybridized carbons (Fsp3) is 0.179. The van der Waals surface area contributed by atoms with Crippen molar-refractivity contribution < 1.29 is 19.1 Å². The van der Waals surface area contributed by atoms with E-state index in [1.54, 1.807) is 59.2 Å². The van der Waals surface area contributed by atoms with Gasteiger partial charge in [0.2, 0.25) is 11.3 Å². The molecule has 1 amide bonds. The molecule has 0 atom stereocenters. The molecular formula is C28H26N2O5. The highest BCUT2D eigenvalue weighted by molar-refractivity contribution is 6.10. The number of hydrogen-bond acceptors (Lipinski definition) is 5. The molecule has 0 aliphatic rings. The third kappa shape index (κ3) is 5.09. The maximum Gasteiger partial charge on any atom is 0.244 e. The van der Waals surface area contributed by atoms with E-state index in [1.807, 2.05) is 19.1 Å². The predicted octanol–water partition coefficient (Wildman–Crippen LogP) is 4.45. The van der Waals surface area contributed by atoms with Crippen molar-refractivity contribution in [1.82, 2.24) is 4.57 Å². The van der Waals surface area contributed by atoms with Gasteiger partial charge >= 0.3 is 0 Å². The number of methoxy groups -OCH3 is 2. The first kappa shape index (κ1) is 23.8. The molecule has 0 spiro atoms. The average molecular weight is 471 g/mol. The molecule has 0 radical (unpaired) electrons. The Kier molecular flexibility index (Phi) is 6.96. The van der Waals surface area contributed by atoms with Crippen LogP contribution in [0, 0.1) is 0 Å². The van der Waals surface area contributed by atoms with E-state index in [9.17, 15) is 14.4 Å². The van der Waals surface area contributed by atoms with Crippen LogP contribution in [0.25, 0.3) is 10.9 Å². The minimum Gasteiger partial charge on any atom is -0.497 e. The molecule has 1 aromatic heterocycles. The molecule has 1 heterocycles. The lowest BCUT2D eigenvalue weighted by Gasteiger charge is -2.14. The van der Waals surface area contributed by atoms with Gasteiger partial charge in [-0.3, -0.25) is 14.4 Å². The van der Waals surface area contributed by atoms with Crippen molar-refractivity contribution in [3.05, 3.63) is 99.8 Å². The molecule has 7 nitrogen and oxygen atoms in total. The first-order valence-electron chi connectivity index (χ1n) is 11.2. The van der Waals surface area contributed by atoms with Crippen LogP contribution in [-0.2, 0) is 17.8 Å². The number of nitrogens with zero attached hydrogens (tertiary/aromatic N) is 1. The van der Waals surface area contributed by atoms with Gasteiger partial charge in [-0.05, 0) is 24.1 Å². The smallest absolute Gasteiger partial charge is 0.244 e. The summed E-state index contributed by atoms with van der Waals surface area (Å²) in [5, 5.41) is 3.20. The van der Waals surface area contributed by atoms with Crippen LogP contribution >= 0.6 is 0 Å². The van der Waals surface area contributed by atoms with Gasteiger partial charge in [-0.25, -0.2) is 0 Å². The number of carbonyl (C=O) groups is 2. The maximum atomic E-state index is 13.2. The zero-order valence-electron chi connectivity index (χ0n) is 19.8. The molecule has 0 bridgehead atoms. The minimum atomic E-state index is -0.380. The number of fused-ring (bicyclic) bond motifs is 1. The van der Waals surface area contributed by atoms with Crippen molar-refractivity contribution in [2.75, 3.05) is 19.5 Å². The zero-order valence-corrected chi connectivity index (χ0v) is 19.8. The second-order valence-electron chi connectivity index (χ2n) is 8.05. The number of rotatable bonds is 8. The molecular weight excluding hydrogens is 444 g/mol. The Balaban J connectivity index is 1.69. The lowest BCUT2D eigenvalue weighted by Crippen LogP contribution is -2.24. The Labute approximate surface area is 202 Å². The summed E-state index contributed by atoms with van der Waals surface area (Å²) in [6, 6.07) is 19.2. The summed E-state index contributed by atoms with van der Waals surface area (Å²) < 4.78 is 12.1. The summed E-state index contributed by atoms with van der Waals surface area (Å²) in [5.41, 5.74) is 2.25. The molecule has 0 aliphatic heterocycles. The van der Waals surface area contributed by atoms with Gasteiger partial charge in [0.1, 0.15) is 18.0 Å². The van der Waals surface area contributed by atoms with E-state index in [1.165, 1.54) is 20.4 Å². The number of ether oxygens (including phenoxy) is 2. The number of nitrogens with one attached hydrogen (secondary N) is 1. The second kappa shape index (κ2) is 10.3.